The fourth-order valence-corrected chi connectivity index (χ4v) is 2.68. The molecule has 0 aliphatic heterocycles. The van der Waals surface area contributed by atoms with Crippen LogP contribution in [0.3, 0.4) is 0 Å². The highest BCUT2D eigenvalue weighted by molar-refractivity contribution is 6.32. The number of carbonyl (C=O) groups is 1. The van der Waals surface area contributed by atoms with Gasteiger partial charge in [0.2, 0.25) is 0 Å². The third kappa shape index (κ3) is 4.71. The van der Waals surface area contributed by atoms with Gasteiger partial charge < -0.3 is 9.47 Å². The number of ether oxygens (including phenoxy) is 2. The molecular weight excluding hydrogens is 345 g/mol. The maximum atomic E-state index is 15.0. The van der Waals surface area contributed by atoms with Crippen LogP contribution >= 0.6 is 11.6 Å². The molecule has 2 aromatic carbocycles. The molecule has 0 unspecified atom stereocenters. The average Bonchev–Trinajstić information content (AvgIpc) is 2.63. The largest absolute Gasteiger partial charge is 0.468 e. The lowest BCUT2D eigenvalue weighted by atomic mass is 10.0. The van der Waals surface area contributed by atoms with Gasteiger partial charge in [-0.2, -0.15) is 0 Å². The van der Waals surface area contributed by atoms with Crippen molar-refractivity contribution in [3.63, 3.8) is 0 Å². The lowest BCUT2D eigenvalue weighted by molar-refractivity contribution is -0.142. The van der Waals surface area contributed by atoms with Crippen LogP contribution in [0.1, 0.15) is 31.9 Å². The summed E-state index contributed by atoms with van der Waals surface area (Å²) in [6.07, 6.45) is 0.574. The SMILES string of the molecule is CC[C@@H](N[C@@H](C)C(=O)OC)c1ccc(Cl)c(Oc2ccccc2)c1F. The molecule has 0 saturated heterocycles. The number of esters is 1. The predicted octanol–water partition coefficient (Wildman–Crippen LogP) is 4.87. The van der Waals surface area contributed by atoms with Crippen molar-refractivity contribution in [1.82, 2.24) is 5.32 Å². The molecule has 0 amide bonds. The van der Waals surface area contributed by atoms with Crippen LogP contribution in [0.15, 0.2) is 42.5 Å². The van der Waals surface area contributed by atoms with Gasteiger partial charge in [-0.3, -0.25) is 10.1 Å². The summed E-state index contributed by atoms with van der Waals surface area (Å²) >= 11 is 6.12. The summed E-state index contributed by atoms with van der Waals surface area (Å²) in [5.41, 5.74) is 0.383. The Morgan fingerprint density at radius 2 is 1.92 bits per heavy atom. The second-order valence-electron chi connectivity index (χ2n) is 5.57. The summed E-state index contributed by atoms with van der Waals surface area (Å²) < 4.78 is 25.4. The van der Waals surface area contributed by atoms with Gasteiger partial charge in [-0.05, 0) is 31.5 Å². The summed E-state index contributed by atoms with van der Waals surface area (Å²) in [6, 6.07) is 11.1. The summed E-state index contributed by atoms with van der Waals surface area (Å²) in [6.45, 7) is 3.57. The van der Waals surface area contributed by atoms with E-state index in [9.17, 15) is 4.79 Å². The molecule has 0 radical (unpaired) electrons. The third-order valence-electron chi connectivity index (χ3n) is 3.83. The van der Waals surface area contributed by atoms with E-state index in [4.69, 9.17) is 21.1 Å². The molecule has 2 rings (SSSR count). The zero-order valence-electron chi connectivity index (χ0n) is 14.4. The molecule has 0 bridgehead atoms. The Morgan fingerprint density at radius 3 is 2.52 bits per heavy atom. The van der Waals surface area contributed by atoms with E-state index < -0.39 is 17.8 Å². The van der Waals surface area contributed by atoms with Crippen LogP contribution < -0.4 is 10.1 Å². The molecule has 2 aromatic rings. The molecule has 0 aliphatic rings. The standard InChI is InChI=1S/C19H21ClFNO3/c1-4-16(22-12(2)19(23)24-3)14-10-11-15(20)18(17(14)21)25-13-8-6-5-7-9-13/h5-12,16,22H,4H2,1-3H3/t12-,16+/m0/s1. The van der Waals surface area contributed by atoms with E-state index in [1.165, 1.54) is 7.11 Å². The molecular formula is C19H21ClFNO3. The maximum absolute atomic E-state index is 15.0. The van der Waals surface area contributed by atoms with E-state index in [1.807, 2.05) is 13.0 Å². The number of hydrogen-bond acceptors (Lipinski definition) is 4. The first-order valence-electron chi connectivity index (χ1n) is 8.02. The number of nitrogens with one attached hydrogen (secondary N) is 1. The maximum Gasteiger partial charge on any atom is 0.322 e. The number of carbonyl (C=O) groups excluding carboxylic acids is 1. The Balaban J connectivity index is 2.31. The van der Waals surface area contributed by atoms with Crippen molar-refractivity contribution < 1.29 is 18.7 Å². The van der Waals surface area contributed by atoms with Crippen LogP contribution in [0, 0.1) is 5.82 Å². The topological polar surface area (TPSA) is 47.6 Å². The molecule has 1 N–H and O–H groups in total. The van der Waals surface area contributed by atoms with E-state index in [0.29, 0.717) is 17.7 Å². The van der Waals surface area contributed by atoms with Gasteiger partial charge in [0.1, 0.15) is 11.8 Å². The van der Waals surface area contributed by atoms with Crippen molar-refractivity contribution >= 4 is 17.6 Å². The van der Waals surface area contributed by atoms with Crippen molar-refractivity contribution in [1.29, 1.82) is 0 Å². The van der Waals surface area contributed by atoms with Gasteiger partial charge >= 0.3 is 5.97 Å². The average molecular weight is 366 g/mol. The number of para-hydroxylation sites is 1. The van der Waals surface area contributed by atoms with E-state index in [-0.39, 0.29) is 16.8 Å². The first-order valence-corrected chi connectivity index (χ1v) is 8.40. The third-order valence-corrected chi connectivity index (χ3v) is 4.13. The Bertz CT molecular complexity index is 724. The quantitative estimate of drug-likeness (QED) is 0.711. The molecule has 0 fully saturated rings. The van der Waals surface area contributed by atoms with Gasteiger partial charge in [-0.25, -0.2) is 4.39 Å². The van der Waals surface area contributed by atoms with Crippen LogP contribution in [0.25, 0.3) is 0 Å². The zero-order chi connectivity index (χ0) is 18.4. The number of hydrogen-bond donors (Lipinski definition) is 1. The molecule has 0 aromatic heterocycles. The van der Waals surface area contributed by atoms with Crippen LogP contribution in [0.5, 0.6) is 11.5 Å². The van der Waals surface area contributed by atoms with E-state index >= 15 is 4.39 Å². The minimum Gasteiger partial charge on any atom is -0.468 e. The first kappa shape index (κ1) is 19.2. The minimum atomic E-state index is -0.566. The second-order valence-corrected chi connectivity index (χ2v) is 5.97. The zero-order valence-corrected chi connectivity index (χ0v) is 15.1. The molecule has 0 saturated carbocycles. The Hall–Kier alpha value is -2.11. The molecule has 2 atom stereocenters. The summed E-state index contributed by atoms with van der Waals surface area (Å²) in [4.78, 5) is 11.6. The van der Waals surface area contributed by atoms with Crippen molar-refractivity contribution in [2.75, 3.05) is 7.11 Å². The van der Waals surface area contributed by atoms with Gasteiger partial charge in [0.25, 0.3) is 0 Å². The summed E-state index contributed by atoms with van der Waals surface area (Å²) in [5.74, 6) is -0.498. The molecule has 134 valence electrons. The minimum absolute atomic E-state index is 0.0312. The highest BCUT2D eigenvalue weighted by atomic mass is 35.5. The number of rotatable bonds is 7. The van der Waals surface area contributed by atoms with Crippen LogP contribution in [0.2, 0.25) is 5.02 Å². The van der Waals surface area contributed by atoms with E-state index in [2.05, 4.69) is 5.32 Å². The van der Waals surface area contributed by atoms with Crippen LogP contribution in [-0.2, 0) is 9.53 Å². The van der Waals surface area contributed by atoms with Crippen LogP contribution in [-0.4, -0.2) is 19.1 Å². The lowest BCUT2D eigenvalue weighted by Crippen LogP contribution is -2.37. The predicted molar refractivity (Wildman–Crippen MR) is 95.6 cm³/mol. The Kier molecular flexibility index (Phi) is 6.79. The summed E-state index contributed by atoms with van der Waals surface area (Å²) in [7, 11) is 1.32. The van der Waals surface area contributed by atoms with E-state index in [1.54, 1.807) is 43.3 Å². The van der Waals surface area contributed by atoms with Crippen molar-refractivity contribution in [2.24, 2.45) is 0 Å². The normalized spacial score (nSPS) is 13.2. The Morgan fingerprint density at radius 1 is 1.24 bits per heavy atom. The highest BCUT2D eigenvalue weighted by Crippen LogP contribution is 2.36. The molecule has 4 nitrogen and oxygen atoms in total. The number of halogens is 2. The van der Waals surface area contributed by atoms with Gasteiger partial charge in [0.05, 0.1) is 12.1 Å². The number of benzene rings is 2. The second kappa shape index (κ2) is 8.83. The monoisotopic (exact) mass is 365 g/mol. The molecule has 0 aliphatic carbocycles. The summed E-state index contributed by atoms with van der Waals surface area (Å²) in [5, 5.41) is 3.25. The fourth-order valence-electron chi connectivity index (χ4n) is 2.49. The molecule has 0 heterocycles. The van der Waals surface area contributed by atoms with Gasteiger partial charge in [0.15, 0.2) is 11.6 Å². The number of methoxy groups -OCH3 is 1. The van der Waals surface area contributed by atoms with E-state index in [0.717, 1.165) is 0 Å². The molecule has 25 heavy (non-hydrogen) atoms. The van der Waals surface area contributed by atoms with Crippen molar-refractivity contribution in [3.05, 3.63) is 58.9 Å². The van der Waals surface area contributed by atoms with Crippen LogP contribution in [0.4, 0.5) is 4.39 Å². The lowest BCUT2D eigenvalue weighted by Gasteiger charge is -2.23. The van der Waals surface area contributed by atoms with Gasteiger partial charge in [0, 0.05) is 11.6 Å². The smallest absolute Gasteiger partial charge is 0.322 e. The van der Waals surface area contributed by atoms with Gasteiger partial charge in [-0.1, -0.05) is 42.8 Å². The van der Waals surface area contributed by atoms with Gasteiger partial charge in [-0.15, -0.1) is 0 Å². The molecule has 0 spiro atoms. The van der Waals surface area contributed by atoms with Crippen molar-refractivity contribution in [3.8, 4) is 11.5 Å². The fraction of sp³-hybridized carbons (Fsp3) is 0.316. The highest BCUT2D eigenvalue weighted by Gasteiger charge is 2.24. The van der Waals surface area contributed by atoms with Crippen molar-refractivity contribution in [2.45, 2.75) is 32.4 Å². The molecule has 6 heteroatoms. The Labute approximate surface area is 151 Å². The first-order chi connectivity index (χ1) is 12.0.